The zero-order valence-corrected chi connectivity index (χ0v) is 19.8. The predicted octanol–water partition coefficient (Wildman–Crippen LogP) is 6.67. The Bertz CT molecular complexity index is 1450. The van der Waals surface area contributed by atoms with Gasteiger partial charge in [-0.2, -0.15) is 5.10 Å². The monoisotopic (exact) mass is 495 g/mol. The molecule has 0 aliphatic carbocycles. The van der Waals surface area contributed by atoms with Crippen LogP contribution in [0.3, 0.4) is 0 Å². The van der Waals surface area contributed by atoms with Gasteiger partial charge in [-0.05, 0) is 60.5 Å². The lowest BCUT2D eigenvalue weighted by Crippen LogP contribution is -2.40. The highest BCUT2D eigenvalue weighted by Gasteiger charge is 2.23. The number of benzene rings is 4. The molecule has 0 spiro atoms. The molecule has 0 radical (unpaired) electrons. The summed E-state index contributed by atoms with van der Waals surface area (Å²) in [6, 6.07) is 31.2. The van der Waals surface area contributed by atoms with Gasteiger partial charge in [-0.25, -0.2) is 9.07 Å². The van der Waals surface area contributed by atoms with Crippen LogP contribution in [0, 0.1) is 5.82 Å². The van der Waals surface area contributed by atoms with Gasteiger partial charge in [-0.3, -0.25) is 4.79 Å². The molecule has 4 aromatic carbocycles. The Kier molecular flexibility index (Phi) is 7.98. The minimum atomic E-state index is -0.393. The number of hydrogen-bond donors (Lipinski definition) is 1. The second-order valence-corrected chi connectivity index (χ2v) is 8.72. The summed E-state index contributed by atoms with van der Waals surface area (Å²) in [5.74, 6) is 0.316. The Labute approximate surface area is 216 Å². The average molecular weight is 496 g/mol. The number of carbonyl (C=O) groups excluding carboxylic acids is 1. The molecule has 37 heavy (non-hydrogen) atoms. The van der Waals surface area contributed by atoms with E-state index in [1.807, 2.05) is 85.8 Å². The summed E-state index contributed by atoms with van der Waals surface area (Å²) in [6.45, 7) is 1.95. The van der Waals surface area contributed by atoms with E-state index >= 15 is 0 Å². The quantitative estimate of drug-likeness (QED) is 0.262. The third-order valence-corrected chi connectivity index (χ3v) is 6.05. The van der Waals surface area contributed by atoms with Crippen LogP contribution in [0.5, 0.6) is 5.75 Å². The molecular formula is C31H30FN3O2. The summed E-state index contributed by atoms with van der Waals surface area (Å²) in [5.41, 5.74) is 3.58. The van der Waals surface area contributed by atoms with E-state index < -0.39 is 6.10 Å². The van der Waals surface area contributed by atoms with Gasteiger partial charge in [0.25, 0.3) is 0 Å². The highest BCUT2D eigenvalue weighted by atomic mass is 19.1. The van der Waals surface area contributed by atoms with E-state index in [1.54, 1.807) is 23.0 Å². The van der Waals surface area contributed by atoms with Crippen LogP contribution in [-0.4, -0.2) is 21.7 Å². The Morgan fingerprint density at radius 1 is 0.946 bits per heavy atom. The average Bonchev–Trinajstić information content (AvgIpc) is 3.32. The van der Waals surface area contributed by atoms with Gasteiger partial charge >= 0.3 is 0 Å². The largest absolute Gasteiger partial charge is 0.484 e. The highest BCUT2D eigenvalue weighted by Crippen LogP contribution is 2.29. The van der Waals surface area contributed by atoms with Crippen molar-refractivity contribution in [3.8, 4) is 11.4 Å². The first-order chi connectivity index (χ1) is 17.6. The molecule has 0 fully saturated rings. The first-order valence-corrected chi connectivity index (χ1v) is 11.9. The molecule has 6 heteroatoms. The number of carbonyl (C=O) groups is 1. The Balaban J connectivity index is 0.00000320. The number of nitrogens with one attached hydrogen (secondary N) is 1. The molecule has 1 aromatic heterocycles. The SMILES string of the molecule is C.C[C@H](NC(=O)Cc1ccccc1)[C@H](Oc1ccc2c(cnn2-c2ccc(F)cc2)c1)c1ccccc1. The van der Waals surface area contributed by atoms with Crippen molar-refractivity contribution >= 4 is 16.8 Å². The third kappa shape index (κ3) is 6.04. The van der Waals surface area contributed by atoms with Gasteiger partial charge in [0.2, 0.25) is 5.91 Å². The predicted molar refractivity (Wildman–Crippen MR) is 145 cm³/mol. The maximum absolute atomic E-state index is 13.3. The molecule has 0 bridgehead atoms. The van der Waals surface area contributed by atoms with Crippen LogP contribution < -0.4 is 10.1 Å². The van der Waals surface area contributed by atoms with Crippen molar-refractivity contribution in [3.63, 3.8) is 0 Å². The van der Waals surface area contributed by atoms with Crippen LogP contribution in [0.1, 0.15) is 31.6 Å². The van der Waals surface area contributed by atoms with Crippen molar-refractivity contribution in [2.24, 2.45) is 0 Å². The zero-order valence-electron chi connectivity index (χ0n) is 19.8. The van der Waals surface area contributed by atoms with Crippen molar-refractivity contribution in [1.29, 1.82) is 0 Å². The fourth-order valence-corrected chi connectivity index (χ4v) is 4.28. The van der Waals surface area contributed by atoms with Crippen molar-refractivity contribution in [3.05, 3.63) is 126 Å². The minimum absolute atomic E-state index is 0. The summed E-state index contributed by atoms with van der Waals surface area (Å²) in [6.07, 6.45) is 1.67. The molecule has 5 rings (SSSR count). The number of hydrogen-bond acceptors (Lipinski definition) is 3. The Morgan fingerprint density at radius 3 is 2.32 bits per heavy atom. The third-order valence-electron chi connectivity index (χ3n) is 6.05. The fourth-order valence-electron chi connectivity index (χ4n) is 4.28. The molecule has 188 valence electrons. The van der Waals surface area contributed by atoms with Gasteiger partial charge < -0.3 is 10.1 Å². The molecule has 0 unspecified atom stereocenters. The molecule has 5 aromatic rings. The minimum Gasteiger partial charge on any atom is -0.484 e. The lowest BCUT2D eigenvalue weighted by molar-refractivity contribution is -0.121. The van der Waals surface area contributed by atoms with Gasteiger partial charge in [-0.1, -0.05) is 68.1 Å². The zero-order chi connectivity index (χ0) is 24.9. The van der Waals surface area contributed by atoms with Crippen molar-refractivity contribution < 1.29 is 13.9 Å². The second-order valence-electron chi connectivity index (χ2n) is 8.72. The molecule has 5 nitrogen and oxygen atoms in total. The summed E-state index contributed by atoms with van der Waals surface area (Å²) in [4.78, 5) is 12.7. The molecule has 0 saturated heterocycles. The smallest absolute Gasteiger partial charge is 0.224 e. The van der Waals surface area contributed by atoms with Crippen LogP contribution in [0.25, 0.3) is 16.6 Å². The summed E-state index contributed by atoms with van der Waals surface area (Å²) in [7, 11) is 0. The van der Waals surface area contributed by atoms with Crippen LogP contribution >= 0.6 is 0 Å². The van der Waals surface area contributed by atoms with Gasteiger partial charge in [-0.15, -0.1) is 0 Å². The molecule has 1 heterocycles. The normalized spacial score (nSPS) is 12.4. The first kappa shape index (κ1) is 25.6. The molecule has 1 N–H and O–H groups in total. The molecular weight excluding hydrogens is 465 g/mol. The van der Waals surface area contributed by atoms with E-state index in [2.05, 4.69) is 10.4 Å². The van der Waals surface area contributed by atoms with Gasteiger partial charge in [0.1, 0.15) is 17.7 Å². The highest BCUT2D eigenvalue weighted by molar-refractivity contribution is 5.82. The number of amides is 1. The summed E-state index contributed by atoms with van der Waals surface area (Å²) in [5, 5.41) is 8.47. The van der Waals surface area contributed by atoms with Crippen LogP contribution in [0.15, 0.2) is 109 Å². The summed E-state index contributed by atoms with van der Waals surface area (Å²) < 4.78 is 21.6. The van der Waals surface area contributed by atoms with Gasteiger partial charge in [0.15, 0.2) is 0 Å². The maximum atomic E-state index is 13.3. The van der Waals surface area contributed by atoms with E-state index in [1.165, 1.54) is 12.1 Å². The number of rotatable bonds is 8. The lowest BCUT2D eigenvalue weighted by atomic mass is 10.0. The van der Waals surface area contributed by atoms with E-state index in [0.717, 1.165) is 27.7 Å². The van der Waals surface area contributed by atoms with Crippen molar-refractivity contribution in [2.45, 2.75) is 32.9 Å². The van der Waals surface area contributed by atoms with Crippen LogP contribution in [0.4, 0.5) is 4.39 Å². The van der Waals surface area contributed by atoms with Crippen LogP contribution in [0.2, 0.25) is 0 Å². The van der Waals surface area contributed by atoms with Crippen LogP contribution in [-0.2, 0) is 11.2 Å². The Morgan fingerprint density at radius 2 is 1.62 bits per heavy atom. The number of nitrogens with zero attached hydrogens (tertiary/aromatic N) is 2. The maximum Gasteiger partial charge on any atom is 0.224 e. The molecule has 0 aliphatic heterocycles. The van der Waals surface area contributed by atoms with E-state index in [-0.39, 0.29) is 25.2 Å². The standard InChI is InChI=1S/C30H26FN3O2.CH4/c1-21(33-29(35)18-22-8-4-2-5-9-22)30(23-10-6-3-7-11-23)36-27-16-17-28-24(19-27)20-32-34(28)26-14-12-25(31)13-15-26;/h2-17,19-21,30H,18H2,1H3,(H,33,35);1H4/t21-,30-;/m0./s1. The van der Waals surface area contributed by atoms with Gasteiger partial charge in [0.05, 0.1) is 29.9 Å². The van der Waals surface area contributed by atoms with Crippen molar-refractivity contribution in [1.82, 2.24) is 15.1 Å². The molecule has 0 aliphatic rings. The molecule has 0 saturated carbocycles. The Hall–Kier alpha value is -4.45. The van der Waals surface area contributed by atoms with Crippen molar-refractivity contribution in [2.75, 3.05) is 0 Å². The second kappa shape index (κ2) is 11.5. The lowest BCUT2D eigenvalue weighted by Gasteiger charge is -2.26. The summed E-state index contributed by atoms with van der Waals surface area (Å²) >= 11 is 0. The van der Waals surface area contributed by atoms with E-state index in [0.29, 0.717) is 12.2 Å². The number of fused-ring (bicyclic) bond motifs is 1. The van der Waals surface area contributed by atoms with Gasteiger partial charge in [0, 0.05) is 5.39 Å². The first-order valence-electron chi connectivity index (χ1n) is 11.9. The van der Waals surface area contributed by atoms with E-state index in [4.69, 9.17) is 4.74 Å². The number of halogens is 1. The number of aromatic nitrogens is 2. The van der Waals surface area contributed by atoms with E-state index in [9.17, 15) is 9.18 Å². The topological polar surface area (TPSA) is 56.1 Å². The molecule has 1 amide bonds. The molecule has 2 atom stereocenters. The number of ether oxygens (including phenoxy) is 1. The fraction of sp³-hybridized carbons (Fsp3) is 0.161.